The Kier molecular flexibility index (Phi) is 16.8. The molecule has 0 saturated carbocycles. The lowest BCUT2D eigenvalue weighted by molar-refractivity contribution is 1.13. The van der Waals surface area contributed by atoms with Crippen LogP contribution in [0.1, 0.15) is 11.1 Å². The van der Waals surface area contributed by atoms with Gasteiger partial charge in [-0.2, -0.15) is 0 Å². The predicted octanol–water partition coefficient (Wildman–Crippen LogP) is 25.0. The molecule has 6 nitrogen and oxygen atoms in total. The zero-order valence-corrected chi connectivity index (χ0v) is 56.3. The minimum atomic E-state index is 0.570. The molecule has 0 unspecified atom stereocenters. The molecular formula is C93H62Cl2N6. The van der Waals surface area contributed by atoms with E-state index < -0.39 is 0 Å². The highest BCUT2D eigenvalue weighted by molar-refractivity contribution is 6.35. The smallest absolute Gasteiger partial charge is 0.160 e. The molecule has 0 aliphatic heterocycles. The van der Waals surface area contributed by atoms with E-state index in [0.29, 0.717) is 21.7 Å². The third kappa shape index (κ3) is 12.6. The molecule has 4 aromatic heterocycles. The van der Waals surface area contributed by atoms with Crippen LogP contribution >= 0.6 is 23.2 Å². The minimum Gasteiger partial charge on any atom is -0.309 e. The van der Waals surface area contributed by atoms with E-state index in [9.17, 15) is 0 Å². The number of aromatic nitrogens is 6. The van der Waals surface area contributed by atoms with Crippen LogP contribution in [-0.2, 0) is 6.42 Å². The van der Waals surface area contributed by atoms with Gasteiger partial charge in [-0.25, -0.2) is 19.9 Å². The van der Waals surface area contributed by atoms with Gasteiger partial charge in [0.1, 0.15) is 0 Å². The first-order valence-electron chi connectivity index (χ1n) is 33.8. The summed E-state index contributed by atoms with van der Waals surface area (Å²) in [7, 11) is 0. The van der Waals surface area contributed by atoms with E-state index in [2.05, 4.69) is 276 Å². The minimum absolute atomic E-state index is 0.570. The van der Waals surface area contributed by atoms with Gasteiger partial charge in [-0.05, 0) is 124 Å². The van der Waals surface area contributed by atoms with Gasteiger partial charge >= 0.3 is 0 Å². The highest BCUT2D eigenvalue weighted by atomic mass is 35.5. The summed E-state index contributed by atoms with van der Waals surface area (Å²) in [5.41, 5.74) is 26.4. The number of benzene rings is 14. The van der Waals surface area contributed by atoms with Crippen molar-refractivity contribution in [3.05, 3.63) is 385 Å². The number of rotatable bonds is 10. The van der Waals surface area contributed by atoms with Crippen LogP contribution in [0.25, 0.3) is 156 Å². The quantitative estimate of drug-likeness (QED) is 0.137. The Labute approximate surface area is 596 Å². The largest absolute Gasteiger partial charge is 0.309 e. The monoisotopic (exact) mass is 1330 g/mol. The normalized spacial score (nSPS) is 11.4. The second-order valence-corrected chi connectivity index (χ2v) is 26.0. The van der Waals surface area contributed by atoms with Crippen molar-refractivity contribution in [1.82, 2.24) is 29.1 Å². The van der Waals surface area contributed by atoms with Gasteiger partial charge in [0.2, 0.25) is 0 Å². The summed E-state index contributed by atoms with van der Waals surface area (Å²) < 4.78 is 4.79. The fraction of sp³-hybridized carbons (Fsp3) is 0.0108. The molecule has 0 spiro atoms. The molecule has 0 amide bonds. The summed E-state index contributed by atoms with van der Waals surface area (Å²) >= 11 is 12.5. The Morgan fingerprint density at radius 3 is 0.861 bits per heavy atom. The molecular weight excluding hydrogens is 1270 g/mol. The van der Waals surface area contributed by atoms with E-state index >= 15 is 0 Å². The first kappa shape index (κ1) is 62.0. The first-order valence-corrected chi connectivity index (χ1v) is 34.6. The number of para-hydroxylation sites is 4. The van der Waals surface area contributed by atoms with E-state index in [-0.39, 0.29) is 0 Å². The van der Waals surface area contributed by atoms with E-state index in [1.165, 1.54) is 60.5 Å². The van der Waals surface area contributed by atoms with Crippen LogP contribution in [0.2, 0.25) is 10.0 Å². The number of nitrogens with zero attached hydrogens (tertiary/aromatic N) is 6. The van der Waals surface area contributed by atoms with Gasteiger partial charge in [0, 0.05) is 76.3 Å². The molecule has 478 valence electrons. The van der Waals surface area contributed by atoms with E-state index in [4.69, 9.17) is 43.1 Å². The summed E-state index contributed by atoms with van der Waals surface area (Å²) in [5.74, 6) is 1.34. The summed E-state index contributed by atoms with van der Waals surface area (Å²) in [4.78, 5) is 20.2. The Hall–Kier alpha value is -12.6. The molecule has 1 aliphatic carbocycles. The third-order valence-corrected chi connectivity index (χ3v) is 19.3. The Morgan fingerprint density at radius 1 is 0.218 bits per heavy atom. The highest BCUT2D eigenvalue weighted by Gasteiger charge is 2.21. The number of hydrogen-bond acceptors (Lipinski definition) is 4. The van der Waals surface area contributed by atoms with Crippen molar-refractivity contribution < 1.29 is 0 Å². The molecule has 0 N–H and O–H groups in total. The molecule has 19 rings (SSSR count). The van der Waals surface area contributed by atoms with E-state index in [0.717, 1.165) is 102 Å². The molecule has 4 heterocycles. The average Bonchev–Trinajstić information content (AvgIpc) is 1.63. The molecule has 14 aromatic carbocycles. The maximum absolute atomic E-state index is 6.26. The van der Waals surface area contributed by atoms with Crippen molar-refractivity contribution in [1.29, 1.82) is 0 Å². The summed E-state index contributed by atoms with van der Waals surface area (Å²) in [5, 5.41) is 6.04. The van der Waals surface area contributed by atoms with Crippen molar-refractivity contribution in [2.45, 2.75) is 6.42 Å². The van der Waals surface area contributed by atoms with Crippen LogP contribution in [0, 0.1) is 0 Å². The number of halogens is 2. The average molecular weight is 1330 g/mol. The van der Waals surface area contributed by atoms with Crippen LogP contribution in [0.15, 0.2) is 364 Å². The standard InChI is InChI=1S/C52H34N4.C28H18Cl2N2.C13H10/c1-3-15-35(16-4-1)36-27-29-37(30-28-36)46-34-47(54-52(53-46)38-17-5-2-6-18-38)39-31-40(55-48-23-11-7-19-42(48)43-20-8-12-24-49(43)55)33-41(32-39)56-50-25-13-9-21-44(50)45-22-10-14-26-51(45)56;29-24-15-23(16-25(30)17-24)27-18-26(31-28(32-27)22-9-5-2-6-10-22)21-13-11-20(12-14-21)19-7-3-1-4-8-19;1-3-7-12-10(5-1)9-11-6-2-4-8-13(11)12/h1-34H;1-18H;1-8H,9H2. The zero-order chi connectivity index (χ0) is 67.6. The Balaban J connectivity index is 0.000000140. The fourth-order valence-electron chi connectivity index (χ4n) is 14.0. The van der Waals surface area contributed by atoms with Crippen molar-refractivity contribution in [3.63, 3.8) is 0 Å². The lowest BCUT2D eigenvalue weighted by Crippen LogP contribution is -2.01. The van der Waals surface area contributed by atoms with Crippen molar-refractivity contribution in [2.75, 3.05) is 0 Å². The Morgan fingerprint density at radius 2 is 0.495 bits per heavy atom. The van der Waals surface area contributed by atoms with E-state index in [1.54, 1.807) is 6.07 Å². The maximum atomic E-state index is 6.26. The molecule has 0 saturated heterocycles. The van der Waals surface area contributed by atoms with Gasteiger partial charge in [-0.3, -0.25) is 0 Å². The number of fused-ring (bicyclic) bond motifs is 9. The van der Waals surface area contributed by atoms with Crippen LogP contribution in [-0.4, -0.2) is 29.1 Å². The second kappa shape index (κ2) is 27.4. The third-order valence-electron chi connectivity index (χ3n) is 18.8. The lowest BCUT2D eigenvalue weighted by atomic mass is 10.0. The predicted molar refractivity (Wildman–Crippen MR) is 421 cm³/mol. The fourth-order valence-corrected chi connectivity index (χ4v) is 14.6. The first-order chi connectivity index (χ1) is 49.9. The van der Waals surface area contributed by atoms with Crippen LogP contribution in [0.3, 0.4) is 0 Å². The van der Waals surface area contributed by atoms with Gasteiger partial charge in [0.05, 0.1) is 44.8 Å². The summed E-state index contributed by atoms with van der Waals surface area (Å²) in [6.07, 6.45) is 1.10. The van der Waals surface area contributed by atoms with Gasteiger partial charge in [-0.15, -0.1) is 0 Å². The van der Waals surface area contributed by atoms with Crippen molar-refractivity contribution >= 4 is 66.8 Å². The summed E-state index contributed by atoms with van der Waals surface area (Å²) in [6.45, 7) is 0. The zero-order valence-electron chi connectivity index (χ0n) is 54.8. The topological polar surface area (TPSA) is 61.4 Å². The highest BCUT2D eigenvalue weighted by Crippen LogP contribution is 2.41. The van der Waals surface area contributed by atoms with Gasteiger partial charge in [0.15, 0.2) is 11.6 Å². The molecule has 101 heavy (non-hydrogen) atoms. The molecule has 0 fully saturated rings. The van der Waals surface area contributed by atoms with Gasteiger partial charge < -0.3 is 9.13 Å². The molecule has 1 aliphatic rings. The van der Waals surface area contributed by atoms with E-state index in [1.807, 2.05) is 91.0 Å². The van der Waals surface area contributed by atoms with Crippen LogP contribution in [0.5, 0.6) is 0 Å². The van der Waals surface area contributed by atoms with Crippen LogP contribution < -0.4 is 0 Å². The Bertz CT molecular complexity index is 5750. The molecule has 0 atom stereocenters. The lowest BCUT2D eigenvalue weighted by Gasteiger charge is -2.16. The maximum Gasteiger partial charge on any atom is 0.160 e. The van der Waals surface area contributed by atoms with Crippen molar-refractivity contribution in [2.24, 2.45) is 0 Å². The molecule has 0 radical (unpaired) electrons. The van der Waals surface area contributed by atoms with Gasteiger partial charge in [0.25, 0.3) is 0 Å². The second-order valence-electron chi connectivity index (χ2n) is 25.2. The molecule has 8 heteroatoms. The van der Waals surface area contributed by atoms with Crippen LogP contribution in [0.4, 0.5) is 0 Å². The summed E-state index contributed by atoms with van der Waals surface area (Å²) in [6, 6.07) is 127. The van der Waals surface area contributed by atoms with Gasteiger partial charge in [-0.1, -0.05) is 314 Å². The molecule has 0 bridgehead atoms. The number of hydrogen-bond donors (Lipinski definition) is 0. The molecule has 18 aromatic rings. The van der Waals surface area contributed by atoms with Crippen molar-refractivity contribution in [3.8, 4) is 113 Å². The SMILES string of the molecule is Clc1cc(Cl)cc(-c2cc(-c3ccc(-c4ccccc4)cc3)nc(-c3ccccc3)n2)c1.c1ccc(-c2ccc(-c3cc(-c4cc(-n5c6ccccc6c6ccccc65)cc(-n5c6ccccc6c6ccccc65)c4)nc(-c4ccccc4)n3)cc2)cc1.c1ccc2c(c1)Cc1ccccc1-2.